The molecule has 0 unspecified atom stereocenters. The number of nitrogens with zero attached hydrogens (tertiary/aromatic N) is 2. The average Bonchev–Trinajstić information content (AvgIpc) is 2.94. The van der Waals surface area contributed by atoms with Gasteiger partial charge in [-0.3, -0.25) is 9.36 Å². The molecule has 0 aliphatic rings. The topological polar surface area (TPSA) is 60.9 Å². The van der Waals surface area contributed by atoms with Crippen molar-refractivity contribution in [3.05, 3.63) is 53.6 Å². The molecule has 20 heavy (non-hydrogen) atoms. The second kappa shape index (κ2) is 7.01. The first-order valence-electron chi connectivity index (χ1n) is 7.07. The highest BCUT2D eigenvalue weighted by molar-refractivity contribution is 5.79. The Morgan fingerprint density at radius 3 is 2.55 bits per heavy atom. The summed E-state index contributed by atoms with van der Waals surface area (Å²) >= 11 is 0. The standard InChI is InChI=1S/C16H21N3O/c1-2-13-3-5-14(6-4-13)7-8-16(20)19-12-18-11-15(19)9-10-17/h3-6,11-12H,2,7-10,17H2,1H3. The second-order valence-electron chi connectivity index (χ2n) is 4.86. The van der Waals surface area contributed by atoms with Gasteiger partial charge in [0.2, 0.25) is 5.91 Å². The number of hydrogen-bond acceptors (Lipinski definition) is 3. The summed E-state index contributed by atoms with van der Waals surface area (Å²) in [7, 11) is 0. The number of carbonyl (C=O) groups is 1. The first-order valence-corrected chi connectivity index (χ1v) is 7.07. The van der Waals surface area contributed by atoms with Crippen LogP contribution in [0.4, 0.5) is 0 Å². The summed E-state index contributed by atoms with van der Waals surface area (Å²) in [5.74, 6) is 0.0746. The minimum atomic E-state index is 0.0746. The van der Waals surface area contributed by atoms with Crippen LogP contribution in [0.2, 0.25) is 0 Å². The predicted octanol–water partition coefficient (Wildman–Crippen LogP) is 2.22. The van der Waals surface area contributed by atoms with Crippen molar-refractivity contribution in [2.24, 2.45) is 5.73 Å². The SMILES string of the molecule is CCc1ccc(CCC(=O)n2cncc2CCN)cc1. The molecule has 1 heterocycles. The van der Waals surface area contributed by atoms with Gasteiger partial charge in [0.25, 0.3) is 0 Å². The van der Waals surface area contributed by atoms with Gasteiger partial charge < -0.3 is 5.73 Å². The van der Waals surface area contributed by atoms with Crippen LogP contribution in [0.1, 0.15) is 35.0 Å². The largest absolute Gasteiger partial charge is 0.330 e. The van der Waals surface area contributed by atoms with E-state index in [1.165, 1.54) is 11.1 Å². The molecule has 106 valence electrons. The summed E-state index contributed by atoms with van der Waals surface area (Å²) in [4.78, 5) is 16.2. The normalized spacial score (nSPS) is 10.7. The molecule has 0 aliphatic carbocycles. The van der Waals surface area contributed by atoms with E-state index in [-0.39, 0.29) is 5.91 Å². The molecule has 0 bridgehead atoms. The fraction of sp³-hybridized carbons (Fsp3) is 0.375. The Balaban J connectivity index is 1.95. The number of rotatable bonds is 6. The molecule has 2 aromatic rings. The second-order valence-corrected chi connectivity index (χ2v) is 4.86. The maximum atomic E-state index is 12.2. The van der Waals surface area contributed by atoms with Gasteiger partial charge in [-0.1, -0.05) is 31.2 Å². The molecule has 0 saturated carbocycles. The molecule has 2 rings (SSSR count). The maximum Gasteiger partial charge on any atom is 0.232 e. The molecule has 0 fully saturated rings. The fourth-order valence-electron chi connectivity index (χ4n) is 2.19. The molecule has 1 aromatic heterocycles. The molecule has 0 saturated heterocycles. The molecule has 0 aliphatic heterocycles. The van der Waals surface area contributed by atoms with Crippen molar-refractivity contribution in [3.8, 4) is 0 Å². The molecular weight excluding hydrogens is 250 g/mol. The van der Waals surface area contributed by atoms with Crippen molar-refractivity contribution in [1.82, 2.24) is 9.55 Å². The summed E-state index contributed by atoms with van der Waals surface area (Å²) in [6, 6.07) is 8.44. The van der Waals surface area contributed by atoms with Gasteiger partial charge in [-0.15, -0.1) is 0 Å². The smallest absolute Gasteiger partial charge is 0.232 e. The van der Waals surface area contributed by atoms with Crippen LogP contribution in [0.25, 0.3) is 0 Å². The van der Waals surface area contributed by atoms with Crippen LogP contribution in [-0.4, -0.2) is 22.0 Å². The van der Waals surface area contributed by atoms with Gasteiger partial charge in [-0.2, -0.15) is 0 Å². The lowest BCUT2D eigenvalue weighted by atomic mass is 10.1. The van der Waals surface area contributed by atoms with E-state index in [1.54, 1.807) is 17.1 Å². The lowest BCUT2D eigenvalue weighted by Crippen LogP contribution is -2.16. The molecule has 1 aromatic carbocycles. The van der Waals surface area contributed by atoms with E-state index >= 15 is 0 Å². The van der Waals surface area contributed by atoms with Crippen LogP contribution in [0.5, 0.6) is 0 Å². The summed E-state index contributed by atoms with van der Waals surface area (Å²) in [5, 5.41) is 0. The van der Waals surface area contributed by atoms with E-state index in [2.05, 4.69) is 36.2 Å². The number of aromatic nitrogens is 2. The van der Waals surface area contributed by atoms with E-state index in [9.17, 15) is 4.79 Å². The van der Waals surface area contributed by atoms with E-state index < -0.39 is 0 Å². The summed E-state index contributed by atoms with van der Waals surface area (Å²) < 4.78 is 1.62. The Kier molecular flexibility index (Phi) is 5.07. The van der Waals surface area contributed by atoms with Crippen LogP contribution >= 0.6 is 0 Å². The predicted molar refractivity (Wildman–Crippen MR) is 79.8 cm³/mol. The third-order valence-electron chi connectivity index (χ3n) is 3.44. The molecule has 4 heteroatoms. The summed E-state index contributed by atoms with van der Waals surface area (Å²) in [5.41, 5.74) is 8.93. The van der Waals surface area contributed by atoms with E-state index in [1.807, 2.05) is 0 Å². The van der Waals surface area contributed by atoms with Gasteiger partial charge in [-0.05, 0) is 30.5 Å². The van der Waals surface area contributed by atoms with Crippen molar-refractivity contribution in [2.45, 2.75) is 32.6 Å². The van der Waals surface area contributed by atoms with Crippen LogP contribution in [-0.2, 0) is 19.3 Å². The Labute approximate surface area is 119 Å². The molecule has 2 N–H and O–H groups in total. The van der Waals surface area contributed by atoms with Crippen LogP contribution in [0.15, 0.2) is 36.8 Å². The highest BCUT2D eigenvalue weighted by Crippen LogP contribution is 2.09. The minimum Gasteiger partial charge on any atom is -0.330 e. The van der Waals surface area contributed by atoms with Gasteiger partial charge in [0.1, 0.15) is 6.33 Å². The van der Waals surface area contributed by atoms with Gasteiger partial charge >= 0.3 is 0 Å². The lowest BCUT2D eigenvalue weighted by molar-refractivity contribution is 0.0900. The average molecular weight is 271 g/mol. The third-order valence-corrected chi connectivity index (χ3v) is 3.44. The zero-order valence-electron chi connectivity index (χ0n) is 11.9. The zero-order chi connectivity index (χ0) is 14.4. The quantitative estimate of drug-likeness (QED) is 0.876. The van der Waals surface area contributed by atoms with E-state index in [0.717, 1.165) is 18.5 Å². The number of benzene rings is 1. The number of nitrogens with two attached hydrogens (primary N) is 1. The molecule has 4 nitrogen and oxygen atoms in total. The minimum absolute atomic E-state index is 0.0746. The van der Waals surface area contributed by atoms with Crippen LogP contribution in [0, 0.1) is 0 Å². The third kappa shape index (κ3) is 3.54. The molecule has 0 amide bonds. The van der Waals surface area contributed by atoms with Crippen molar-refractivity contribution < 1.29 is 4.79 Å². The van der Waals surface area contributed by atoms with Crippen molar-refractivity contribution in [2.75, 3.05) is 6.54 Å². The first-order chi connectivity index (χ1) is 9.74. The van der Waals surface area contributed by atoms with Crippen molar-refractivity contribution in [3.63, 3.8) is 0 Å². The Hall–Kier alpha value is -1.94. The molecular formula is C16H21N3O. The van der Waals surface area contributed by atoms with Gasteiger partial charge in [0.15, 0.2) is 0 Å². The van der Waals surface area contributed by atoms with Gasteiger partial charge in [0.05, 0.1) is 0 Å². The summed E-state index contributed by atoms with van der Waals surface area (Å²) in [6.07, 6.45) is 6.24. The lowest BCUT2D eigenvalue weighted by Gasteiger charge is -2.06. The van der Waals surface area contributed by atoms with Crippen molar-refractivity contribution in [1.29, 1.82) is 0 Å². The Morgan fingerprint density at radius 1 is 1.20 bits per heavy atom. The highest BCUT2D eigenvalue weighted by Gasteiger charge is 2.09. The van der Waals surface area contributed by atoms with Crippen LogP contribution < -0.4 is 5.73 Å². The number of hydrogen-bond donors (Lipinski definition) is 1. The zero-order valence-corrected chi connectivity index (χ0v) is 11.9. The number of aryl methyl sites for hydroxylation is 2. The highest BCUT2D eigenvalue weighted by atomic mass is 16.2. The van der Waals surface area contributed by atoms with Gasteiger partial charge in [-0.25, -0.2) is 4.98 Å². The Bertz CT molecular complexity index is 557. The molecule has 0 spiro atoms. The monoisotopic (exact) mass is 271 g/mol. The van der Waals surface area contributed by atoms with E-state index in [0.29, 0.717) is 19.4 Å². The molecule has 0 atom stereocenters. The van der Waals surface area contributed by atoms with E-state index in [4.69, 9.17) is 5.73 Å². The number of imidazole rings is 1. The molecule has 0 radical (unpaired) electrons. The first kappa shape index (κ1) is 14.5. The van der Waals surface area contributed by atoms with Crippen LogP contribution in [0.3, 0.4) is 0 Å². The Morgan fingerprint density at radius 2 is 1.90 bits per heavy atom. The maximum absolute atomic E-state index is 12.2. The van der Waals surface area contributed by atoms with Gasteiger partial charge in [0, 0.05) is 24.7 Å². The van der Waals surface area contributed by atoms with Crippen molar-refractivity contribution >= 4 is 5.91 Å². The fourth-order valence-corrected chi connectivity index (χ4v) is 2.19. The summed E-state index contributed by atoms with van der Waals surface area (Å²) in [6.45, 7) is 2.66. The number of carbonyl (C=O) groups excluding carboxylic acids is 1.